The molecule has 1 aromatic heterocycles. The summed E-state index contributed by atoms with van der Waals surface area (Å²) in [5, 5.41) is 0. The summed E-state index contributed by atoms with van der Waals surface area (Å²) in [4.78, 5) is 34.7. The average Bonchev–Trinajstić information content (AvgIpc) is 3.35. The fourth-order valence-electron chi connectivity index (χ4n) is 6.52. The first-order valence-corrected chi connectivity index (χ1v) is 15.7. The van der Waals surface area contributed by atoms with Crippen LogP contribution in [0.15, 0.2) is 36.5 Å². The Morgan fingerprint density at radius 1 is 1.05 bits per heavy atom. The monoisotopic (exact) mass is 610 g/mol. The maximum atomic E-state index is 14.5. The smallest absolute Gasteiger partial charge is 0.329 e. The standard InChI is InChI=1S/C35H50N2O7/c1-10-42-33(39)29-27(35(5,6)7)30(44-21-22-19-23(34(2,3)4)20-36-31(22)41-9)28(24-15-11-12-16-25(24)40-8)37(29)32(38)26-17-13-14-18-43-26/h11-12,15-16,19-20,26-30H,10,13-14,17-18,21H2,1-9H3/t26-,27+,28-,29-,30-/m0/s1. The summed E-state index contributed by atoms with van der Waals surface area (Å²) in [6.45, 7) is 15.3. The second kappa shape index (κ2) is 13.9. The molecular weight excluding hydrogens is 560 g/mol. The summed E-state index contributed by atoms with van der Waals surface area (Å²) < 4.78 is 30.0. The first-order valence-electron chi connectivity index (χ1n) is 15.7. The second-order valence-corrected chi connectivity index (χ2v) is 13.8. The van der Waals surface area contributed by atoms with Crippen LogP contribution in [-0.4, -0.2) is 67.4 Å². The molecule has 2 aliphatic heterocycles. The van der Waals surface area contributed by atoms with Crippen LogP contribution in [0.5, 0.6) is 11.6 Å². The highest BCUT2D eigenvalue weighted by molar-refractivity contribution is 5.89. The molecule has 0 spiro atoms. The summed E-state index contributed by atoms with van der Waals surface area (Å²) in [5.41, 5.74) is 2.01. The molecule has 2 fully saturated rings. The maximum absolute atomic E-state index is 14.5. The molecule has 0 aliphatic carbocycles. The third-order valence-corrected chi connectivity index (χ3v) is 8.72. The van der Waals surface area contributed by atoms with Gasteiger partial charge in [0.1, 0.15) is 17.9 Å². The molecule has 9 heteroatoms. The second-order valence-electron chi connectivity index (χ2n) is 13.8. The van der Waals surface area contributed by atoms with Gasteiger partial charge in [-0.25, -0.2) is 9.78 Å². The van der Waals surface area contributed by atoms with Gasteiger partial charge in [-0.2, -0.15) is 0 Å². The summed E-state index contributed by atoms with van der Waals surface area (Å²) in [5.74, 6) is -0.0134. The molecule has 0 N–H and O–H groups in total. The highest BCUT2D eigenvalue weighted by Crippen LogP contribution is 2.52. The zero-order valence-corrected chi connectivity index (χ0v) is 27.8. The number of pyridine rings is 1. The van der Waals surface area contributed by atoms with Crippen LogP contribution in [0.1, 0.15) is 90.5 Å². The number of ether oxygens (including phenoxy) is 5. The molecule has 1 amide bonds. The van der Waals surface area contributed by atoms with Gasteiger partial charge in [0.25, 0.3) is 5.91 Å². The highest BCUT2D eigenvalue weighted by Gasteiger charge is 2.60. The van der Waals surface area contributed by atoms with Crippen molar-refractivity contribution in [3.63, 3.8) is 0 Å². The van der Waals surface area contributed by atoms with E-state index in [-0.39, 0.29) is 24.5 Å². The Morgan fingerprint density at radius 2 is 1.77 bits per heavy atom. The van der Waals surface area contributed by atoms with E-state index >= 15 is 0 Å². The lowest BCUT2D eigenvalue weighted by Gasteiger charge is -2.36. The Labute approximate surface area is 262 Å². The first kappa shape index (κ1) is 33.7. The van der Waals surface area contributed by atoms with Crippen LogP contribution in [0, 0.1) is 11.3 Å². The fraction of sp³-hybridized carbons (Fsp3) is 0.629. The third-order valence-electron chi connectivity index (χ3n) is 8.72. The number of nitrogens with zero attached hydrogens (tertiary/aromatic N) is 2. The number of para-hydroxylation sites is 1. The molecule has 2 saturated heterocycles. The molecule has 44 heavy (non-hydrogen) atoms. The van der Waals surface area contributed by atoms with E-state index in [1.165, 1.54) is 0 Å². The van der Waals surface area contributed by atoms with E-state index in [1.807, 2.05) is 30.5 Å². The molecule has 9 nitrogen and oxygen atoms in total. The molecule has 3 heterocycles. The number of likely N-dealkylation sites (tertiary alicyclic amines) is 1. The van der Waals surface area contributed by atoms with Gasteiger partial charge < -0.3 is 28.6 Å². The van der Waals surface area contributed by atoms with E-state index in [2.05, 4.69) is 52.6 Å². The van der Waals surface area contributed by atoms with Crippen molar-refractivity contribution in [2.45, 2.75) is 104 Å². The van der Waals surface area contributed by atoms with Crippen molar-refractivity contribution in [2.75, 3.05) is 27.4 Å². The van der Waals surface area contributed by atoms with Gasteiger partial charge in [0.15, 0.2) is 0 Å². The Hall–Kier alpha value is -3.17. The number of hydrogen-bond acceptors (Lipinski definition) is 8. The van der Waals surface area contributed by atoms with Gasteiger partial charge in [-0.15, -0.1) is 0 Å². The van der Waals surface area contributed by atoms with Gasteiger partial charge >= 0.3 is 5.97 Å². The van der Waals surface area contributed by atoms with E-state index in [1.54, 1.807) is 26.0 Å². The average molecular weight is 611 g/mol. The summed E-state index contributed by atoms with van der Waals surface area (Å²) in [7, 11) is 3.20. The number of methoxy groups -OCH3 is 2. The van der Waals surface area contributed by atoms with Crippen LogP contribution >= 0.6 is 0 Å². The Balaban J connectivity index is 1.89. The predicted molar refractivity (Wildman–Crippen MR) is 168 cm³/mol. The van der Waals surface area contributed by atoms with E-state index in [4.69, 9.17) is 23.7 Å². The quantitative estimate of drug-likeness (QED) is 0.318. The van der Waals surface area contributed by atoms with Crippen molar-refractivity contribution in [2.24, 2.45) is 11.3 Å². The van der Waals surface area contributed by atoms with Gasteiger partial charge in [0.05, 0.1) is 39.6 Å². The number of benzene rings is 1. The van der Waals surface area contributed by atoms with E-state index in [9.17, 15) is 9.59 Å². The van der Waals surface area contributed by atoms with E-state index in [0.717, 1.165) is 29.5 Å². The van der Waals surface area contributed by atoms with Crippen molar-refractivity contribution in [1.82, 2.24) is 9.88 Å². The van der Waals surface area contributed by atoms with Crippen LogP contribution < -0.4 is 9.47 Å². The number of carbonyl (C=O) groups excluding carboxylic acids is 2. The molecule has 0 saturated carbocycles. The van der Waals surface area contributed by atoms with Gasteiger partial charge in [0.2, 0.25) is 5.88 Å². The van der Waals surface area contributed by atoms with Crippen molar-refractivity contribution < 1.29 is 33.3 Å². The molecule has 0 bridgehead atoms. The molecule has 5 atom stereocenters. The van der Waals surface area contributed by atoms with Crippen LogP contribution in [0.4, 0.5) is 0 Å². The number of hydrogen-bond donors (Lipinski definition) is 0. The molecular formula is C35H50N2O7. The molecule has 2 aliphatic rings. The van der Waals surface area contributed by atoms with Crippen molar-refractivity contribution in [3.8, 4) is 11.6 Å². The Morgan fingerprint density at radius 3 is 2.36 bits per heavy atom. The summed E-state index contributed by atoms with van der Waals surface area (Å²) in [6, 6.07) is 8.14. The lowest BCUT2D eigenvalue weighted by molar-refractivity contribution is -0.162. The van der Waals surface area contributed by atoms with Crippen LogP contribution in [-0.2, 0) is 35.8 Å². The number of rotatable bonds is 9. The van der Waals surface area contributed by atoms with Crippen molar-refractivity contribution in [3.05, 3.63) is 53.2 Å². The van der Waals surface area contributed by atoms with E-state index < -0.39 is 41.6 Å². The van der Waals surface area contributed by atoms with E-state index in [0.29, 0.717) is 24.7 Å². The minimum atomic E-state index is -0.895. The van der Waals surface area contributed by atoms with Crippen LogP contribution in [0.25, 0.3) is 0 Å². The SMILES string of the molecule is CCOC(=O)[C@@H]1[C@@H](C(C)(C)C)[C@H](OCc2cc(C(C)(C)C)cnc2OC)[C@H](c2ccccc2OC)N1C(=O)[C@@H]1CCCCO1. The van der Waals surface area contributed by atoms with Gasteiger partial charge in [-0.05, 0) is 54.7 Å². The fourth-order valence-corrected chi connectivity index (χ4v) is 6.52. The zero-order chi connectivity index (χ0) is 32.2. The zero-order valence-electron chi connectivity index (χ0n) is 27.8. The predicted octanol–water partition coefficient (Wildman–Crippen LogP) is 6.03. The van der Waals surface area contributed by atoms with Gasteiger partial charge in [-0.3, -0.25) is 4.79 Å². The van der Waals surface area contributed by atoms with Crippen molar-refractivity contribution in [1.29, 1.82) is 0 Å². The van der Waals surface area contributed by atoms with Crippen LogP contribution in [0.3, 0.4) is 0 Å². The Kier molecular flexibility index (Phi) is 10.6. The topological polar surface area (TPSA) is 96.4 Å². The molecule has 0 unspecified atom stereocenters. The van der Waals surface area contributed by atoms with Gasteiger partial charge in [0, 0.05) is 29.8 Å². The van der Waals surface area contributed by atoms with Crippen LogP contribution in [0.2, 0.25) is 0 Å². The Bertz CT molecular complexity index is 1290. The minimum absolute atomic E-state index is 0.131. The molecule has 2 aromatic rings. The summed E-state index contributed by atoms with van der Waals surface area (Å²) in [6.07, 6.45) is 2.96. The molecule has 4 rings (SSSR count). The number of aromatic nitrogens is 1. The lowest BCUT2D eigenvalue weighted by atomic mass is 9.73. The van der Waals surface area contributed by atoms with Gasteiger partial charge in [-0.1, -0.05) is 59.7 Å². The summed E-state index contributed by atoms with van der Waals surface area (Å²) >= 11 is 0. The molecule has 0 radical (unpaired) electrons. The first-order chi connectivity index (χ1) is 20.8. The maximum Gasteiger partial charge on any atom is 0.329 e. The largest absolute Gasteiger partial charge is 0.496 e. The number of carbonyl (C=O) groups is 2. The lowest BCUT2D eigenvalue weighted by Crippen LogP contribution is -2.51. The molecule has 1 aromatic carbocycles. The normalized spacial score (nSPS) is 24.2. The third kappa shape index (κ3) is 7.04. The molecule has 242 valence electrons. The number of amides is 1. The van der Waals surface area contributed by atoms with Crippen molar-refractivity contribution >= 4 is 11.9 Å². The highest BCUT2D eigenvalue weighted by atomic mass is 16.5. The number of esters is 1. The minimum Gasteiger partial charge on any atom is -0.496 e.